The van der Waals surface area contributed by atoms with E-state index in [-0.39, 0.29) is 11.0 Å². The zero-order valence-electron chi connectivity index (χ0n) is 11.6. The van der Waals surface area contributed by atoms with Gasteiger partial charge in [0.05, 0.1) is 5.56 Å². The number of halogens is 1. The van der Waals surface area contributed by atoms with Crippen LogP contribution in [-0.2, 0) is 0 Å². The first kappa shape index (κ1) is 15.6. The van der Waals surface area contributed by atoms with Crippen molar-refractivity contribution in [3.63, 3.8) is 0 Å². The Kier molecular flexibility index (Phi) is 5.03. The molecule has 0 aliphatic heterocycles. The van der Waals surface area contributed by atoms with Gasteiger partial charge in [-0.05, 0) is 71.3 Å². The van der Waals surface area contributed by atoms with Crippen molar-refractivity contribution in [1.82, 2.24) is 10.3 Å². The molecule has 0 spiro atoms. The summed E-state index contributed by atoms with van der Waals surface area (Å²) < 4.78 is 0.739. The molecule has 0 aliphatic rings. The van der Waals surface area contributed by atoms with E-state index in [9.17, 15) is 4.79 Å². The van der Waals surface area contributed by atoms with E-state index >= 15 is 0 Å². The summed E-state index contributed by atoms with van der Waals surface area (Å²) in [4.78, 5) is 16.0. The quantitative estimate of drug-likeness (QED) is 0.800. The van der Waals surface area contributed by atoms with Gasteiger partial charge in [0.25, 0.3) is 5.91 Å². The van der Waals surface area contributed by atoms with E-state index in [2.05, 4.69) is 31.5 Å². The highest BCUT2D eigenvalue weighted by molar-refractivity contribution is 9.10. The minimum absolute atomic E-state index is 0.253. The van der Waals surface area contributed by atoms with Gasteiger partial charge in [0.15, 0.2) is 5.11 Å². The Morgan fingerprint density at radius 1 is 1.19 bits per heavy atom. The fourth-order valence-corrected chi connectivity index (χ4v) is 2.27. The number of hydrogen-bond acceptors (Lipinski definition) is 3. The number of aromatic nitrogens is 1. The second kappa shape index (κ2) is 6.78. The van der Waals surface area contributed by atoms with E-state index in [1.54, 1.807) is 12.3 Å². The molecular formula is C15H14BrN3OS. The van der Waals surface area contributed by atoms with Crippen molar-refractivity contribution in [2.75, 3.05) is 5.32 Å². The summed E-state index contributed by atoms with van der Waals surface area (Å²) in [6.45, 7) is 4.06. The molecule has 0 bridgehead atoms. The van der Waals surface area contributed by atoms with Crippen molar-refractivity contribution >= 4 is 44.9 Å². The summed E-state index contributed by atoms with van der Waals surface area (Å²) in [5, 5.41) is 5.87. The number of carbonyl (C=O) groups excluding carboxylic acids is 1. The molecule has 4 nitrogen and oxygen atoms in total. The summed E-state index contributed by atoms with van der Waals surface area (Å²) in [5.74, 6) is -0.301. The number of hydrogen-bond donors (Lipinski definition) is 2. The Labute approximate surface area is 137 Å². The third-order valence-corrected chi connectivity index (χ3v) is 3.60. The Bertz CT molecular complexity index is 703. The Hall–Kier alpha value is -1.79. The Morgan fingerprint density at radius 3 is 2.62 bits per heavy atom. The van der Waals surface area contributed by atoms with Crippen LogP contribution in [0.15, 0.2) is 41.1 Å². The molecule has 2 rings (SSSR count). The summed E-state index contributed by atoms with van der Waals surface area (Å²) >= 11 is 8.42. The van der Waals surface area contributed by atoms with Gasteiger partial charge in [-0.2, -0.15) is 0 Å². The van der Waals surface area contributed by atoms with Gasteiger partial charge in [-0.25, -0.2) is 0 Å². The van der Waals surface area contributed by atoms with Crippen LogP contribution in [0.3, 0.4) is 0 Å². The molecule has 6 heteroatoms. The number of aryl methyl sites for hydroxylation is 2. The highest BCUT2D eigenvalue weighted by atomic mass is 79.9. The largest absolute Gasteiger partial charge is 0.332 e. The lowest BCUT2D eigenvalue weighted by Gasteiger charge is -2.11. The van der Waals surface area contributed by atoms with Crippen LogP contribution in [0.5, 0.6) is 0 Å². The number of carbonyl (C=O) groups is 1. The van der Waals surface area contributed by atoms with E-state index in [0.717, 1.165) is 15.7 Å². The summed E-state index contributed by atoms with van der Waals surface area (Å²) in [6, 6.07) is 7.58. The maximum atomic E-state index is 12.0. The number of benzene rings is 1. The molecule has 2 aromatic rings. The Balaban J connectivity index is 2.01. The second-order valence-corrected chi connectivity index (χ2v) is 5.92. The van der Waals surface area contributed by atoms with Crippen molar-refractivity contribution in [1.29, 1.82) is 0 Å². The average Bonchev–Trinajstić information content (AvgIpc) is 2.43. The number of nitrogens with zero attached hydrogens (tertiary/aromatic N) is 1. The first-order chi connectivity index (χ1) is 9.95. The maximum Gasteiger partial charge on any atom is 0.259 e. The molecule has 1 heterocycles. The first-order valence-corrected chi connectivity index (χ1v) is 7.46. The summed E-state index contributed by atoms with van der Waals surface area (Å²) in [6.07, 6.45) is 3.10. The van der Waals surface area contributed by atoms with Crippen LogP contribution < -0.4 is 10.6 Å². The lowest BCUT2D eigenvalue weighted by molar-refractivity contribution is 0.0977. The molecule has 0 radical (unpaired) electrons. The standard InChI is InChI=1S/C15H14BrN3OS/c1-9-3-4-13(5-10(9)2)18-15(21)19-14(20)11-6-12(16)8-17-7-11/h3-8H,1-2H3,(H2,18,19,20,21). The molecule has 0 saturated carbocycles. The molecule has 0 unspecified atom stereocenters. The zero-order valence-corrected chi connectivity index (χ0v) is 14.0. The topological polar surface area (TPSA) is 54.0 Å². The molecule has 1 aromatic carbocycles. The number of amides is 1. The maximum absolute atomic E-state index is 12.0. The molecule has 1 amide bonds. The fourth-order valence-electron chi connectivity index (χ4n) is 1.69. The van der Waals surface area contributed by atoms with Crippen LogP contribution in [0.2, 0.25) is 0 Å². The first-order valence-electron chi connectivity index (χ1n) is 6.26. The smallest absolute Gasteiger partial charge is 0.259 e. The van der Waals surface area contributed by atoms with Crippen LogP contribution in [-0.4, -0.2) is 16.0 Å². The number of pyridine rings is 1. The molecule has 0 atom stereocenters. The Morgan fingerprint density at radius 2 is 1.95 bits per heavy atom. The van der Waals surface area contributed by atoms with Gasteiger partial charge in [0.2, 0.25) is 0 Å². The zero-order chi connectivity index (χ0) is 15.4. The number of thiocarbonyl (C=S) groups is 1. The van der Waals surface area contributed by atoms with Crippen molar-refractivity contribution < 1.29 is 4.79 Å². The lowest BCUT2D eigenvalue weighted by atomic mass is 10.1. The molecule has 0 aliphatic carbocycles. The molecule has 2 N–H and O–H groups in total. The van der Waals surface area contributed by atoms with Crippen LogP contribution in [0.4, 0.5) is 5.69 Å². The summed E-state index contributed by atoms with van der Waals surface area (Å²) in [7, 11) is 0. The predicted octanol–water partition coefficient (Wildman–Crippen LogP) is 3.59. The van der Waals surface area contributed by atoms with Gasteiger partial charge in [-0.3, -0.25) is 15.1 Å². The van der Waals surface area contributed by atoms with E-state index in [4.69, 9.17) is 12.2 Å². The number of anilines is 1. The third kappa shape index (κ3) is 4.34. The van der Waals surface area contributed by atoms with E-state index in [1.165, 1.54) is 11.8 Å². The second-order valence-electron chi connectivity index (χ2n) is 4.60. The lowest BCUT2D eigenvalue weighted by Crippen LogP contribution is -2.34. The molecule has 0 saturated heterocycles. The number of rotatable bonds is 2. The number of nitrogens with one attached hydrogen (secondary N) is 2. The van der Waals surface area contributed by atoms with Gasteiger partial charge in [0, 0.05) is 22.6 Å². The average molecular weight is 364 g/mol. The summed E-state index contributed by atoms with van der Waals surface area (Å²) in [5.41, 5.74) is 3.64. The van der Waals surface area contributed by atoms with Crippen LogP contribution in [0, 0.1) is 13.8 Å². The molecule has 108 valence electrons. The van der Waals surface area contributed by atoms with Gasteiger partial charge in [-0.1, -0.05) is 6.07 Å². The van der Waals surface area contributed by atoms with Gasteiger partial charge < -0.3 is 5.32 Å². The predicted molar refractivity (Wildman–Crippen MR) is 91.5 cm³/mol. The minimum atomic E-state index is -0.301. The van der Waals surface area contributed by atoms with Crippen molar-refractivity contribution in [3.8, 4) is 0 Å². The van der Waals surface area contributed by atoms with Crippen LogP contribution >= 0.6 is 28.1 Å². The van der Waals surface area contributed by atoms with Crippen molar-refractivity contribution in [2.24, 2.45) is 0 Å². The molecule has 0 fully saturated rings. The molecule has 21 heavy (non-hydrogen) atoms. The van der Waals surface area contributed by atoms with E-state index < -0.39 is 0 Å². The molecular weight excluding hydrogens is 350 g/mol. The third-order valence-electron chi connectivity index (χ3n) is 2.96. The van der Waals surface area contributed by atoms with Crippen molar-refractivity contribution in [2.45, 2.75) is 13.8 Å². The normalized spacial score (nSPS) is 10.0. The molecule has 1 aromatic heterocycles. The van der Waals surface area contributed by atoms with E-state index in [0.29, 0.717) is 5.56 Å². The van der Waals surface area contributed by atoms with Crippen LogP contribution in [0.1, 0.15) is 21.5 Å². The monoisotopic (exact) mass is 363 g/mol. The fraction of sp³-hybridized carbons (Fsp3) is 0.133. The van der Waals surface area contributed by atoms with Gasteiger partial charge in [-0.15, -0.1) is 0 Å². The SMILES string of the molecule is Cc1ccc(NC(=S)NC(=O)c2cncc(Br)c2)cc1C. The van der Waals surface area contributed by atoms with Crippen molar-refractivity contribution in [3.05, 3.63) is 57.8 Å². The van der Waals surface area contributed by atoms with Gasteiger partial charge >= 0.3 is 0 Å². The highest BCUT2D eigenvalue weighted by Crippen LogP contribution is 2.14. The van der Waals surface area contributed by atoms with Gasteiger partial charge in [0.1, 0.15) is 0 Å². The minimum Gasteiger partial charge on any atom is -0.332 e. The van der Waals surface area contributed by atoms with Crippen LogP contribution in [0.25, 0.3) is 0 Å². The highest BCUT2D eigenvalue weighted by Gasteiger charge is 2.09. The van der Waals surface area contributed by atoms with E-state index in [1.807, 2.05) is 32.0 Å².